The van der Waals surface area contributed by atoms with Crippen LogP contribution in [0, 0.1) is 6.92 Å². The van der Waals surface area contributed by atoms with Crippen LogP contribution in [0.3, 0.4) is 0 Å². The van der Waals surface area contributed by atoms with Gasteiger partial charge in [0.05, 0.1) is 0 Å². The molecule has 2 aromatic rings. The van der Waals surface area contributed by atoms with E-state index in [-0.39, 0.29) is 0 Å². The van der Waals surface area contributed by atoms with E-state index in [0.29, 0.717) is 24.0 Å². The fraction of sp³-hybridized carbons (Fsp3) is 0.480. The van der Waals surface area contributed by atoms with Crippen molar-refractivity contribution >= 4 is 5.96 Å². The number of likely N-dealkylation sites (tertiary alicyclic amines) is 1. The molecule has 154 valence electrons. The standard InChI is InChI=1S/C25H34N4/c1-18-9-7-8-12-22(18)23-17-24(23)28-25(26-3)27-21-13-15-29(16-14-21)19(2)20-10-5-4-6-11-20/h4-12,19,21,23-24H,13-17H2,1-3H3,(H2,26,27,28). The van der Waals surface area contributed by atoms with Crippen molar-refractivity contribution in [1.82, 2.24) is 15.5 Å². The molecule has 4 rings (SSSR count). The third kappa shape index (κ3) is 4.81. The second-order valence-corrected chi connectivity index (χ2v) is 8.56. The van der Waals surface area contributed by atoms with Gasteiger partial charge in [-0.2, -0.15) is 0 Å². The quantitative estimate of drug-likeness (QED) is 0.592. The van der Waals surface area contributed by atoms with Gasteiger partial charge in [-0.15, -0.1) is 0 Å². The summed E-state index contributed by atoms with van der Waals surface area (Å²) in [6, 6.07) is 21.1. The predicted molar refractivity (Wildman–Crippen MR) is 121 cm³/mol. The lowest BCUT2D eigenvalue weighted by Crippen LogP contribution is -2.49. The number of aliphatic imine (C=N–C) groups is 1. The predicted octanol–water partition coefficient (Wildman–Crippen LogP) is 4.24. The van der Waals surface area contributed by atoms with E-state index in [1.807, 2.05) is 7.05 Å². The van der Waals surface area contributed by atoms with E-state index in [9.17, 15) is 0 Å². The van der Waals surface area contributed by atoms with Crippen LogP contribution >= 0.6 is 0 Å². The first kappa shape index (κ1) is 20.0. The maximum absolute atomic E-state index is 4.50. The zero-order valence-corrected chi connectivity index (χ0v) is 17.9. The van der Waals surface area contributed by atoms with E-state index in [1.165, 1.54) is 23.1 Å². The second kappa shape index (κ2) is 9.00. The van der Waals surface area contributed by atoms with Gasteiger partial charge >= 0.3 is 0 Å². The minimum absolute atomic E-state index is 0.482. The molecule has 0 radical (unpaired) electrons. The summed E-state index contributed by atoms with van der Waals surface area (Å²) in [6.45, 7) is 6.78. The minimum Gasteiger partial charge on any atom is -0.354 e. The summed E-state index contributed by atoms with van der Waals surface area (Å²) in [7, 11) is 1.88. The zero-order chi connectivity index (χ0) is 20.2. The monoisotopic (exact) mass is 390 g/mol. The minimum atomic E-state index is 0.482. The van der Waals surface area contributed by atoms with Crippen molar-refractivity contribution in [1.29, 1.82) is 0 Å². The van der Waals surface area contributed by atoms with E-state index < -0.39 is 0 Å². The number of guanidine groups is 1. The van der Waals surface area contributed by atoms with E-state index in [1.54, 1.807) is 0 Å². The van der Waals surface area contributed by atoms with Crippen LogP contribution in [0.15, 0.2) is 59.6 Å². The second-order valence-electron chi connectivity index (χ2n) is 8.56. The summed E-state index contributed by atoms with van der Waals surface area (Å²) >= 11 is 0. The molecule has 1 heterocycles. The van der Waals surface area contributed by atoms with Crippen molar-refractivity contribution in [2.45, 2.75) is 57.2 Å². The molecule has 4 nitrogen and oxygen atoms in total. The Labute approximate surface area is 175 Å². The largest absolute Gasteiger partial charge is 0.354 e. The highest BCUT2D eigenvalue weighted by molar-refractivity contribution is 5.80. The van der Waals surface area contributed by atoms with Gasteiger partial charge in [0.25, 0.3) is 0 Å². The molecule has 1 aliphatic carbocycles. The highest BCUT2D eigenvalue weighted by atomic mass is 15.2. The fourth-order valence-electron chi connectivity index (χ4n) is 4.61. The number of hydrogen-bond acceptors (Lipinski definition) is 2. The Morgan fingerprint density at radius 3 is 2.38 bits per heavy atom. The maximum atomic E-state index is 4.50. The first-order valence-corrected chi connectivity index (χ1v) is 11.0. The van der Waals surface area contributed by atoms with E-state index in [2.05, 4.69) is 89.0 Å². The summed E-state index contributed by atoms with van der Waals surface area (Å²) in [6.07, 6.45) is 3.51. The van der Waals surface area contributed by atoms with Crippen LogP contribution in [0.4, 0.5) is 0 Å². The van der Waals surface area contributed by atoms with Gasteiger partial charge in [0.2, 0.25) is 0 Å². The number of nitrogens with zero attached hydrogens (tertiary/aromatic N) is 2. The average molecular weight is 391 g/mol. The van der Waals surface area contributed by atoms with Crippen LogP contribution in [0.25, 0.3) is 0 Å². The van der Waals surface area contributed by atoms with Crippen molar-refractivity contribution < 1.29 is 0 Å². The topological polar surface area (TPSA) is 39.7 Å². The number of aryl methyl sites for hydroxylation is 1. The molecule has 2 N–H and O–H groups in total. The number of benzene rings is 2. The molecule has 1 aliphatic heterocycles. The van der Waals surface area contributed by atoms with Gasteiger partial charge in [0, 0.05) is 44.2 Å². The summed E-state index contributed by atoms with van der Waals surface area (Å²) in [5.74, 6) is 1.57. The third-order valence-electron chi connectivity index (χ3n) is 6.62. The lowest BCUT2D eigenvalue weighted by Gasteiger charge is -2.37. The van der Waals surface area contributed by atoms with Crippen molar-refractivity contribution in [3.05, 3.63) is 71.3 Å². The summed E-state index contributed by atoms with van der Waals surface area (Å²) < 4.78 is 0. The van der Waals surface area contributed by atoms with E-state index in [4.69, 9.17) is 0 Å². The van der Waals surface area contributed by atoms with Gasteiger partial charge in [-0.1, -0.05) is 54.6 Å². The van der Waals surface area contributed by atoms with Gasteiger partial charge in [0.1, 0.15) is 0 Å². The van der Waals surface area contributed by atoms with Crippen LogP contribution in [-0.2, 0) is 0 Å². The number of piperidine rings is 1. The molecule has 0 aromatic heterocycles. The van der Waals surface area contributed by atoms with Gasteiger partial charge in [-0.25, -0.2) is 0 Å². The smallest absolute Gasteiger partial charge is 0.191 e. The highest BCUT2D eigenvalue weighted by Crippen LogP contribution is 2.42. The Hall–Kier alpha value is -2.33. The molecule has 29 heavy (non-hydrogen) atoms. The van der Waals surface area contributed by atoms with Gasteiger partial charge < -0.3 is 10.6 Å². The van der Waals surface area contributed by atoms with Crippen molar-refractivity contribution in [3.63, 3.8) is 0 Å². The van der Waals surface area contributed by atoms with Gasteiger partial charge in [-0.05, 0) is 49.8 Å². The first-order valence-electron chi connectivity index (χ1n) is 11.0. The molecule has 2 aromatic carbocycles. The Morgan fingerprint density at radius 1 is 1.00 bits per heavy atom. The Bertz CT molecular complexity index is 824. The zero-order valence-electron chi connectivity index (χ0n) is 17.9. The Kier molecular flexibility index (Phi) is 6.19. The molecule has 2 aliphatic rings. The first-order chi connectivity index (χ1) is 14.2. The number of hydrogen-bond donors (Lipinski definition) is 2. The Balaban J connectivity index is 1.25. The van der Waals surface area contributed by atoms with Crippen LogP contribution < -0.4 is 10.6 Å². The van der Waals surface area contributed by atoms with Crippen molar-refractivity contribution in [2.75, 3.05) is 20.1 Å². The molecule has 2 fully saturated rings. The highest BCUT2D eigenvalue weighted by Gasteiger charge is 2.40. The molecule has 1 saturated heterocycles. The van der Waals surface area contributed by atoms with Crippen LogP contribution in [0.1, 0.15) is 54.8 Å². The van der Waals surface area contributed by atoms with Crippen LogP contribution in [0.5, 0.6) is 0 Å². The number of rotatable bonds is 5. The summed E-state index contributed by atoms with van der Waals surface area (Å²) in [5, 5.41) is 7.32. The lowest BCUT2D eigenvalue weighted by molar-refractivity contribution is 0.158. The molecule has 0 bridgehead atoms. The number of nitrogens with one attached hydrogen (secondary N) is 2. The Morgan fingerprint density at radius 2 is 1.69 bits per heavy atom. The van der Waals surface area contributed by atoms with Crippen molar-refractivity contribution in [3.8, 4) is 0 Å². The lowest BCUT2D eigenvalue weighted by atomic mass is 10.0. The van der Waals surface area contributed by atoms with E-state index >= 15 is 0 Å². The SMILES string of the molecule is CN=C(NC1CCN(C(C)c2ccccc2)CC1)NC1CC1c1ccccc1C. The fourth-order valence-corrected chi connectivity index (χ4v) is 4.61. The molecule has 3 atom stereocenters. The maximum Gasteiger partial charge on any atom is 0.191 e. The van der Waals surface area contributed by atoms with Crippen molar-refractivity contribution in [2.24, 2.45) is 4.99 Å². The average Bonchev–Trinajstić information content (AvgIpc) is 3.53. The molecule has 4 heteroatoms. The summed E-state index contributed by atoms with van der Waals surface area (Å²) in [5.41, 5.74) is 4.28. The van der Waals surface area contributed by atoms with E-state index in [0.717, 1.165) is 31.9 Å². The molecular formula is C25H34N4. The summed E-state index contributed by atoms with van der Waals surface area (Å²) in [4.78, 5) is 7.09. The van der Waals surface area contributed by atoms with Gasteiger partial charge in [-0.3, -0.25) is 9.89 Å². The molecule has 0 amide bonds. The normalized spacial score (nSPS) is 24.2. The van der Waals surface area contributed by atoms with Gasteiger partial charge in [0.15, 0.2) is 5.96 Å². The third-order valence-corrected chi connectivity index (χ3v) is 6.62. The molecular weight excluding hydrogens is 356 g/mol. The molecule has 1 saturated carbocycles. The van der Waals surface area contributed by atoms with Crippen LogP contribution in [0.2, 0.25) is 0 Å². The van der Waals surface area contributed by atoms with Crippen LogP contribution in [-0.4, -0.2) is 43.1 Å². The molecule has 0 spiro atoms. The molecule has 3 unspecified atom stereocenters.